The molecule has 1 aliphatic rings. The summed E-state index contributed by atoms with van der Waals surface area (Å²) in [6.45, 7) is 1.39. The van der Waals surface area contributed by atoms with Crippen molar-refractivity contribution in [2.75, 3.05) is 33.3 Å². The molecule has 0 saturated carbocycles. The Labute approximate surface area is 148 Å². The van der Waals surface area contributed by atoms with E-state index in [0.717, 1.165) is 0 Å². The number of rotatable bonds is 4. The Morgan fingerprint density at radius 1 is 1.12 bits per heavy atom. The van der Waals surface area contributed by atoms with Crippen LogP contribution >= 0.6 is 0 Å². The van der Waals surface area contributed by atoms with E-state index in [4.69, 9.17) is 9.15 Å². The lowest BCUT2D eigenvalue weighted by Crippen LogP contribution is -2.50. The first kappa shape index (κ1) is 17.5. The minimum absolute atomic E-state index is 0.135. The molecule has 1 saturated heterocycles. The molecule has 9 nitrogen and oxygen atoms in total. The lowest BCUT2D eigenvalue weighted by Gasteiger charge is -2.34. The molecular weight excluding hydrogens is 342 g/mol. The zero-order valence-electron chi connectivity index (χ0n) is 14.1. The van der Waals surface area contributed by atoms with Crippen molar-refractivity contribution in [2.45, 2.75) is 0 Å². The molecule has 1 fully saturated rings. The van der Waals surface area contributed by atoms with E-state index < -0.39 is 4.92 Å². The molecule has 0 bridgehead atoms. The van der Waals surface area contributed by atoms with Crippen LogP contribution in [0.4, 0.5) is 5.69 Å². The van der Waals surface area contributed by atoms with Crippen LogP contribution in [0, 0.1) is 10.1 Å². The topological polar surface area (TPSA) is 106 Å². The number of nitro groups is 1. The maximum atomic E-state index is 12.8. The molecule has 136 valence electrons. The molecule has 2 heterocycles. The predicted octanol–water partition coefficient (Wildman–Crippen LogP) is 1.79. The normalized spacial score (nSPS) is 14.2. The van der Waals surface area contributed by atoms with E-state index >= 15 is 0 Å². The number of hydrogen-bond donors (Lipinski definition) is 0. The second kappa shape index (κ2) is 7.26. The van der Waals surface area contributed by atoms with Gasteiger partial charge in [0.05, 0.1) is 29.4 Å². The summed E-state index contributed by atoms with van der Waals surface area (Å²) < 4.78 is 10.1. The molecule has 1 aromatic carbocycles. The Hall–Kier alpha value is -3.36. The van der Waals surface area contributed by atoms with Gasteiger partial charge in [-0.05, 0) is 12.1 Å². The highest BCUT2D eigenvalue weighted by Gasteiger charge is 2.28. The quantitative estimate of drug-likeness (QED) is 0.609. The van der Waals surface area contributed by atoms with Gasteiger partial charge in [0.1, 0.15) is 12.0 Å². The number of methoxy groups -OCH3 is 1. The summed E-state index contributed by atoms with van der Waals surface area (Å²) in [7, 11) is 1.40. The standard InChI is InChI=1S/C17H17N3O6/c1-25-15-3-2-13(20(23)24)10-14(15)17(22)19-7-5-18(6-8-19)16(21)12-4-9-26-11-12/h2-4,9-11H,5-8H2,1H3. The third kappa shape index (κ3) is 3.37. The van der Waals surface area contributed by atoms with Crippen molar-refractivity contribution >= 4 is 17.5 Å². The Kier molecular flexibility index (Phi) is 4.87. The molecule has 0 radical (unpaired) electrons. The van der Waals surface area contributed by atoms with E-state index in [-0.39, 0.29) is 28.8 Å². The predicted molar refractivity (Wildman–Crippen MR) is 90.2 cm³/mol. The molecule has 2 amide bonds. The number of amides is 2. The van der Waals surface area contributed by atoms with Crippen LogP contribution in [0.5, 0.6) is 5.75 Å². The summed E-state index contributed by atoms with van der Waals surface area (Å²) in [6.07, 6.45) is 2.81. The van der Waals surface area contributed by atoms with Crippen molar-refractivity contribution in [1.82, 2.24) is 9.80 Å². The van der Waals surface area contributed by atoms with Crippen LogP contribution in [0.3, 0.4) is 0 Å². The third-order valence-corrected chi connectivity index (χ3v) is 4.25. The Bertz CT molecular complexity index is 825. The van der Waals surface area contributed by atoms with Crippen LogP contribution in [0.1, 0.15) is 20.7 Å². The fraction of sp³-hybridized carbons (Fsp3) is 0.294. The smallest absolute Gasteiger partial charge is 0.270 e. The van der Waals surface area contributed by atoms with E-state index in [2.05, 4.69) is 0 Å². The molecule has 2 aromatic rings. The van der Waals surface area contributed by atoms with E-state index in [1.165, 1.54) is 37.8 Å². The number of nitrogens with zero attached hydrogens (tertiary/aromatic N) is 3. The van der Waals surface area contributed by atoms with Crippen LogP contribution in [-0.2, 0) is 0 Å². The number of benzene rings is 1. The lowest BCUT2D eigenvalue weighted by molar-refractivity contribution is -0.384. The number of furan rings is 1. The number of hydrogen-bond acceptors (Lipinski definition) is 6. The van der Waals surface area contributed by atoms with Gasteiger partial charge in [0.2, 0.25) is 0 Å². The average molecular weight is 359 g/mol. The van der Waals surface area contributed by atoms with Crippen LogP contribution in [0.25, 0.3) is 0 Å². The highest BCUT2D eigenvalue weighted by Crippen LogP contribution is 2.26. The Morgan fingerprint density at radius 3 is 2.31 bits per heavy atom. The maximum absolute atomic E-state index is 12.8. The van der Waals surface area contributed by atoms with Crippen molar-refractivity contribution in [3.63, 3.8) is 0 Å². The molecule has 1 aromatic heterocycles. The molecular formula is C17H17N3O6. The molecule has 26 heavy (non-hydrogen) atoms. The molecule has 0 spiro atoms. The van der Waals surface area contributed by atoms with Gasteiger partial charge < -0.3 is 19.0 Å². The Balaban J connectivity index is 1.71. The zero-order chi connectivity index (χ0) is 18.7. The number of ether oxygens (including phenoxy) is 1. The Morgan fingerprint density at radius 2 is 1.77 bits per heavy atom. The third-order valence-electron chi connectivity index (χ3n) is 4.25. The fourth-order valence-corrected chi connectivity index (χ4v) is 2.83. The van der Waals surface area contributed by atoms with Crippen LogP contribution in [-0.4, -0.2) is 59.8 Å². The van der Waals surface area contributed by atoms with E-state index in [0.29, 0.717) is 31.7 Å². The number of nitro benzene ring substituents is 1. The van der Waals surface area contributed by atoms with Crippen molar-refractivity contribution < 1.29 is 23.7 Å². The largest absolute Gasteiger partial charge is 0.496 e. The first-order valence-corrected chi connectivity index (χ1v) is 7.94. The van der Waals surface area contributed by atoms with Crippen molar-refractivity contribution in [3.05, 3.63) is 58.0 Å². The van der Waals surface area contributed by atoms with Gasteiger partial charge in [-0.15, -0.1) is 0 Å². The van der Waals surface area contributed by atoms with Crippen molar-refractivity contribution in [2.24, 2.45) is 0 Å². The van der Waals surface area contributed by atoms with Gasteiger partial charge in [-0.25, -0.2) is 0 Å². The fourth-order valence-electron chi connectivity index (χ4n) is 2.83. The van der Waals surface area contributed by atoms with Gasteiger partial charge in [-0.2, -0.15) is 0 Å². The molecule has 0 atom stereocenters. The van der Waals surface area contributed by atoms with Gasteiger partial charge in [-0.1, -0.05) is 0 Å². The van der Waals surface area contributed by atoms with Gasteiger partial charge in [-0.3, -0.25) is 19.7 Å². The molecule has 0 unspecified atom stereocenters. The van der Waals surface area contributed by atoms with Gasteiger partial charge in [0.25, 0.3) is 17.5 Å². The summed E-state index contributed by atoms with van der Waals surface area (Å²) in [4.78, 5) is 38.7. The van der Waals surface area contributed by atoms with Crippen molar-refractivity contribution in [1.29, 1.82) is 0 Å². The monoisotopic (exact) mass is 359 g/mol. The zero-order valence-corrected chi connectivity index (χ0v) is 14.1. The minimum Gasteiger partial charge on any atom is -0.496 e. The molecule has 0 N–H and O–H groups in total. The lowest BCUT2D eigenvalue weighted by atomic mass is 10.1. The highest BCUT2D eigenvalue weighted by molar-refractivity contribution is 5.98. The summed E-state index contributed by atoms with van der Waals surface area (Å²) in [5.74, 6) is -0.239. The van der Waals surface area contributed by atoms with Crippen molar-refractivity contribution in [3.8, 4) is 5.75 Å². The van der Waals surface area contributed by atoms with Gasteiger partial charge in [0.15, 0.2) is 0 Å². The number of carbonyl (C=O) groups is 2. The highest BCUT2D eigenvalue weighted by atomic mass is 16.6. The molecule has 0 aliphatic carbocycles. The SMILES string of the molecule is COc1ccc([N+](=O)[O-])cc1C(=O)N1CCN(C(=O)c2ccoc2)CC1. The number of carbonyl (C=O) groups excluding carboxylic acids is 2. The molecule has 1 aliphatic heterocycles. The summed E-state index contributed by atoms with van der Waals surface area (Å²) in [5, 5.41) is 11.0. The van der Waals surface area contributed by atoms with Gasteiger partial charge in [0, 0.05) is 38.3 Å². The van der Waals surface area contributed by atoms with E-state index in [9.17, 15) is 19.7 Å². The number of non-ortho nitro benzene ring substituents is 1. The van der Waals surface area contributed by atoms with E-state index in [1.54, 1.807) is 15.9 Å². The molecule has 3 rings (SSSR count). The summed E-state index contributed by atoms with van der Waals surface area (Å²) in [6, 6.07) is 5.50. The second-order valence-electron chi connectivity index (χ2n) is 5.74. The summed E-state index contributed by atoms with van der Waals surface area (Å²) >= 11 is 0. The average Bonchev–Trinajstić information content (AvgIpc) is 3.21. The summed E-state index contributed by atoms with van der Waals surface area (Å²) in [5.41, 5.74) is 0.421. The number of piperazine rings is 1. The maximum Gasteiger partial charge on any atom is 0.270 e. The van der Waals surface area contributed by atoms with Crippen LogP contribution in [0.2, 0.25) is 0 Å². The molecule has 9 heteroatoms. The van der Waals surface area contributed by atoms with E-state index in [1.807, 2.05) is 0 Å². The van der Waals surface area contributed by atoms with Crippen LogP contribution < -0.4 is 4.74 Å². The van der Waals surface area contributed by atoms with Crippen LogP contribution in [0.15, 0.2) is 41.2 Å². The minimum atomic E-state index is -0.558. The first-order chi connectivity index (χ1) is 12.5. The first-order valence-electron chi connectivity index (χ1n) is 7.94. The second-order valence-corrected chi connectivity index (χ2v) is 5.74. The van der Waals surface area contributed by atoms with Gasteiger partial charge >= 0.3 is 0 Å².